The maximum atomic E-state index is 11.5. The van der Waals surface area contributed by atoms with Gasteiger partial charge >= 0.3 is 5.69 Å². The van der Waals surface area contributed by atoms with Gasteiger partial charge in [0.25, 0.3) is 0 Å². The highest BCUT2D eigenvalue weighted by molar-refractivity contribution is 5.55. The summed E-state index contributed by atoms with van der Waals surface area (Å²) in [5.74, 6) is 0. The van der Waals surface area contributed by atoms with Gasteiger partial charge in [0.2, 0.25) is 0 Å². The third-order valence-corrected chi connectivity index (χ3v) is 4.46. The molecule has 0 bridgehead atoms. The average Bonchev–Trinajstić information content (AvgIpc) is 2.93. The number of nitrogens with zero attached hydrogens (tertiary/aromatic N) is 3. The van der Waals surface area contributed by atoms with Crippen LogP contribution in [0, 0.1) is 13.8 Å². The number of hydrogen-bond donors (Lipinski definition) is 1. The lowest BCUT2D eigenvalue weighted by Crippen LogP contribution is -2.47. The first-order valence-corrected chi connectivity index (χ1v) is 7.92. The van der Waals surface area contributed by atoms with Gasteiger partial charge in [-0.2, -0.15) is 0 Å². The second-order valence-electron chi connectivity index (χ2n) is 6.08. The number of H-pyrrole nitrogens is 1. The van der Waals surface area contributed by atoms with Gasteiger partial charge in [0.1, 0.15) is 0 Å². The van der Waals surface area contributed by atoms with Crippen molar-refractivity contribution >= 4 is 5.69 Å². The Morgan fingerprint density at radius 2 is 1.86 bits per heavy atom. The molecule has 2 heterocycles. The number of imidazole rings is 1. The molecule has 5 nitrogen and oxygen atoms in total. The Kier molecular flexibility index (Phi) is 4.34. The van der Waals surface area contributed by atoms with Crippen molar-refractivity contribution < 1.29 is 0 Å². The minimum Gasteiger partial charge on any atom is -0.369 e. The molecule has 0 spiro atoms. The van der Waals surface area contributed by atoms with Crippen LogP contribution in [-0.4, -0.2) is 47.2 Å². The molecule has 118 valence electrons. The van der Waals surface area contributed by atoms with Crippen LogP contribution in [0.1, 0.15) is 11.1 Å². The van der Waals surface area contributed by atoms with Gasteiger partial charge in [0, 0.05) is 57.3 Å². The molecule has 22 heavy (non-hydrogen) atoms. The van der Waals surface area contributed by atoms with Crippen molar-refractivity contribution in [2.45, 2.75) is 20.4 Å². The Bertz CT molecular complexity index is 680. The van der Waals surface area contributed by atoms with Gasteiger partial charge in [-0.1, -0.05) is 12.1 Å². The average molecular weight is 300 g/mol. The number of nitrogens with one attached hydrogen (secondary N) is 1. The first kappa shape index (κ1) is 14.9. The van der Waals surface area contributed by atoms with Crippen molar-refractivity contribution in [3.63, 3.8) is 0 Å². The van der Waals surface area contributed by atoms with Crippen LogP contribution >= 0.6 is 0 Å². The molecular weight excluding hydrogens is 276 g/mol. The molecule has 1 aliphatic rings. The molecule has 1 aromatic heterocycles. The number of aromatic amines is 1. The van der Waals surface area contributed by atoms with Crippen LogP contribution in [0.3, 0.4) is 0 Å². The highest BCUT2D eigenvalue weighted by Crippen LogP contribution is 2.22. The van der Waals surface area contributed by atoms with Crippen molar-refractivity contribution in [1.82, 2.24) is 14.5 Å². The van der Waals surface area contributed by atoms with Crippen LogP contribution in [-0.2, 0) is 6.54 Å². The monoisotopic (exact) mass is 300 g/mol. The van der Waals surface area contributed by atoms with Crippen molar-refractivity contribution in [1.29, 1.82) is 0 Å². The van der Waals surface area contributed by atoms with Crippen LogP contribution in [0.4, 0.5) is 5.69 Å². The zero-order chi connectivity index (χ0) is 15.5. The molecule has 0 amide bonds. The predicted molar refractivity (Wildman–Crippen MR) is 89.6 cm³/mol. The number of piperazine rings is 1. The molecule has 3 rings (SSSR count). The number of aryl methyl sites for hydroxylation is 2. The van der Waals surface area contributed by atoms with E-state index in [4.69, 9.17) is 0 Å². The van der Waals surface area contributed by atoms with E-state index < -0.39 is 0 Å². The molecular formula is C17H24N4O. The maximum absolute atomic E-state index is 11.5. The van der Waals surface area contributed by atoms with Crippen LogP contribution < -0.4 is 10.6 Å². The Morgan fingerprint density at radius 1 is 1.09 bits per heavy atom. The molecule has 1 saturated heterocycles. The Hall–Kier alpha value is -2.01. The van der Waals surface area contributed by atoms with E-state index in [9.17, 15) is 4.79 Å². The number of aromatic nitrogens is 2. The first-order chi connectivity index (χ1) is 10.6. The Balaban J connectivity index is 1.55. The van der Waals surface area contributed by atoms with E-state index in [1.165, 1.54) is 16.8 Å². The largest absolute Gasteiger partial charge is 0.369 e. The smallest absolute Gasteiger partial charge is 0.325 e. The van der Waals surface area contributed by atoms with E-state index in [-0.39, 0.29) is 5.69 Å². The maximum Gasteiger partial charge on any atom is 0.325 e. The second kappa shape index (κ2) is 6.40. The molecule has 0 radical (unpaired) electrons. The number of rotatable bonds is 4. The van der Waals surface area contributed by atoms with Crippen molar-refractivity contribution in [2.24, 2.45) is 0 Å². The van der Waals surface area contributed by atoms with Gasteiger partial charge < -0.3 is 9.88 Å². The molecule has 0 saturated carbocycles. The quantitative estimate of drug-likeness (QED) is 0.933. The SMILES string of the molecule is Cc1ccc(C)c(N2CCN(CCn3cc[nH]c3=O)CC2)c1. The van der Waals surface area contributed by atoms with Crippen molar-refractivity contribution in [3.05, 3.63) is 52.2 Å². The van der Waals surface area contributed by atoms with E-state index >= 15 is 0 Å². The fourth-order valence-corrected chi connectivity index (χ4v) is 3.05. The van der Waals surface area contributed by atoms with E-state index in [2.05, 4.69) is 46.8 Å². The molecule has 5 heteroatoms. The van der Waals surface area contributed by atoms with Gasteiger partial charge in [0.15, 0.2) is 0 Å². The third kappa shape index (κ3) is 3.25. The summed E-state index contributed by atoms with van der Waals surface area (Å²) in [4.78, 5) is 19.1. The first-order valence-electron chi connectivity index (χ1n) is 7.92. The Morgan fingerprint density at radius 3 is 2.55 bits per heavy atom. The molecule has 0 unspecified atom stereocenters. The van der Waals surface area contributed by atoms with Gasteiger partial charge in [0.05, 0.1) is 0 Å². The zero-order valence-corrected chi connectivity index (χ0v) is 13.4. The van der Waals surface area contributed by atoms with Crippen molar-refractivity contribution in [2.75, 3.05) is 37.6 Å². The molecule has 1 aromatic carbocycles. The van der Waals surface area contributed by atoms with Crippen LogP contribution in [0.2, 0.25) is 0 Å². The standard InChI is InChI=1S/C17H24N4O/c1-14-3-4-15(2)16(13-14)20-10-7-19(8-11-20)9-12-21-6-5-18-17(21)22/h3-6,13H,7-12H2,1-2H3,(H,18,22). The molecule has 1 aliphatic heterocycles. The van der Waals surface area contributed by atoms with E-state index in [1.807, 2.05) is 6.20 Å². The summed E-state index contributed by atoms with van der Waals surface area (Å²) in [5, 5.41) is 0. The molecule has 0 atom stereocenters. The summed E-state index contributed by atoms with van der Waals surface area (Å²) in [6, 6.07) is 6.66. The highest BCUT2D eigenvalue weighted by atomic mass is 16.1. The zero-order valence-electron chi connectivity index (χ0n) is 13.4. The van der Waals surface area contributed by atoms with Crippen LogP contribution in [0.5, 0.6) is 0 Å². The molecule has 1 N–H and O–H groups in total. The number of hydrogen-bond acceptors (Lipinski definition) is 3. The fraction of sp³-hybridized carbons (Fsp3) is 0.471. The topological polar surface area (TPSA) is 44.3 Å². The van der Waals surface area contributed by atoms with Gasteiger partial charge in [-0.15, -0.1) is 0 Å². The van der Waals surface area contributed by atoms with Crippen molar-refractivity contribution in [3.8, 4) is 0 Å². The summed E-state index contributed by atoms with van der Waals surface area (Å²) in [6.07, 6.45) is 3.51. The lowest BCUT2D eigenvalue weighted by molar-refractivity contribution is 0.247. The minimum absolute atomic E-state index is 0.0194. The summed E-state index contributed by atoms with van der Waals surface area (Å²) in [5.41, 5.74) is 4.00. The van der Waals surface area contributed by atoms with E-state index in [1.54, 1.807) is 10.8 Å². The fourth-order valence-electron chi connectivity index (χ4n) is 3.05. The normalized spacial score (nSPS) is 16.2. The summed E-state index contributed by atoms with van der Waals surface area (Å²) in [7, 11) is 0. The van der Waals surface area contributed by atoms with Gasteiger partial charge in [-0.05, 0) is 31.0 Å². The molecule has 1 fully saturated rings. The summed E-state index contributed by atoms with van der Waals surface area (Å²) < 4.78 is 1.73. The number of anilines is 1. The second-order valence-corrected chi connectivity index (χ2v) is 6.08. The Labute approximate surface area is 131 Å². The molecule has 2 aromatic rings. The third-order valence-electron chi connectivity index (χ3n) is 4.46. The molecule has 0 aliphatic carbocycles. The van der Waals surface area contributed by atoms with Crippen LogP contribution in [0.25, 0.3) is 0 Å². The number of benzene rings is 1. The minimum atomic E-state index is -0.0194. The van der Waals surface area contributed by atoms with E-state index in [0.717, 1.165) is 39.3 Å². The highest BCUT2D eigenvalue weighted by Gasteiger charge is 2.18. The van der Waals surface area contributed by atoms with Gasteiger partial charge in [-0.3, -0.25) is 9.47 Å². The lowest BCUT2D eigenvalue weighted by Gasteiger charge is -2.37. The van der Waals surface area contributed by atoms with Crippen LogP contribution in [0.15, 0.2) is 35.4 Å². The summed E-state index contributed by atoms with van der Waals surface area (Å²) >= 11 is 0. The predicted octanol–water partition coefficient (Wildman–Crippen LogP) is 1.62. The summed E-state index contributed by atoms with van der Waals surface area (Å²) in [6.45, 7) is 10.2. The lowest BCUT2D eigenvalue weighted by atomic mass is 10.1. The van der Waals surface area contributed by atoms with Gasteiger partial charge in [-0.25, -0.2) is 4.79 Å². The van der Waals surface area contributed by atoms with E-state index in [0.29, 0.717) is 0 Å².